The summed E-state index contributed by atoms with van der Waals surface area (Å²) in [5.41, 5.74) is 1.92. The molecule has 0 aliphatic heterocycles. The lowest BCUT2D eigenvalue weighted by atomic mass is 10.2. The average molecular weight is 364 g/mol. The zero-order chi connectivity index (χ0) is 18.8. The Balaban J connectivity index is 1.52. The minimum atomic E-state index is -0.378. The average Bonchev–Trinajstić information content (AvgIpc) is 3.34. The number of imidazole rings is 1. The molecule has 4 rings (SSSR count). The van der Waals surface area contributed by atoms with Gasteiger partial charge in [-0.2, -0.15) is 0 Å². The third kappa shape index (κ3) is 3.87. The van der Waals surface area contributed by atoms with Crippen LogP contribution in [0.1, 0.15) is 33.7 Å². The van der Waals surface area contributed by atoms with Crippen LogP contribution < -0.4 is 10.6 Å². The lowest BCUT2D eigenvalue weighted by Crippen LogP contribution is -2.25. The van der Waals surface area contributed by atoms with Gasteiger partial charge >= 0.3 is 0 Å². The molecule has 6 nitrogen and oxygen atoms in total. The number of carbonyl (C=O) groups is 2. The van der Waals surface area contributed by atoms with Crippen LogP contribution >= 0.6 is 0 Å². The Hall–Kier alpha value is -3.48. The first-order chi connectivity index (χ1) is 13.1. The summed E-state index contributed by atoms with van der Waals surface area (Å²) < 4.78 is 14.7. The van der Waals surface area contributed by atoms with Gasteiger partial charge in [0.1, 0.15) is 11.5 Å². The van der Waals surface area contributed by atoms with Crippen LogP contribution in [0.4, 0.5) is 10.1 Å². The minimum absolute atomic E-state index is 0.148. The Kier molecular flexibility index (Phi) is 4.42. The van der Waals surface area contributed by atoms with Crippen molar-refractivity contribution in [3.63, 3.8) is 0 Å². The predicted octanol–water partition coefficient (Wildman–Crippen LogP) is 3.16. The van der Waals surface area contributed by atoms with Crippen molar-refractivity contribution >= 4 is 17.5 Å². The molecule has 1 aromatic heterocycles. The molecule has 1 aliphatic carbocycles. The maximum atomic E-state index is 13.1. The summed E-state index contributed by atoms with van der Waals surface area (Å²) in [5, 5.41) is 5.69. The quantitative estimate of drug-likeness (QED) is 0.730. The number of halogens is 1. The van der Waals surface area contributed by atoms with Gasteiger partial charge in [0.15, 0.2) is 0 Å². The standard InChI is InChI=1S/C20H17FN4O2/c21-14-4-8-17(9-5-14)25-12-22-11-18(25)20(27)24-16-3-1-2-13(10-16)19(26)23-15-6-7-15/h1-5,8-12,15H,6-7H2,(H,23,26)(H,24,27). The van der Waals surface area contributed by atoms with Crippen molar-refractivity contribution in [2.24, 2.45) is 0 Å². The number of anilines is 1. The number of hydrogen-bond acceptors (Lipinski definition) is 3. The molecule has 2 N–H and O–H groups in total. The van der Waals surface area contributed by atoms with E-state index >= 15 is 0 Å². The lowest BCUT2D eigenvalue weighted by Gasteiger charge is -2.10. The molecule has 3 aromatic rings. The van der Waals surface area contributed by atoms with E-state index in [-0.39, 0.29) is 23.7 Å². The monoisotopic (exact) mass is 364 g/mol. The third-order valence-corrected chi connectivity index (χ3v) is 4.27. The highest BCUT2D eigenvalue weighted by atomic mass is 19.1. The number of nitrogens with one attached hydrogen (secondary N) is 2. The number of amides is 2. The highest BCUT2D eigenvalue weighted by molar-refractivity contribution is 6.04. The lowest BCUT2D eigenvalue weighted by molar-refractivity contribution is 0.0949. The van der Waals surface area contributed by atoms with E-state index in [1.54, 1.807) is 41.0 Å². The van der Waals surface area contributed by atoms with Crippen molar-refractivity contribution < 1.29 is 14.0 Å². The summed E-state index contributed by atoms with van der Waals surface area (Å²) in [6, 6.07) is 12.8. The van der Waals surface area contributed by atoms with Gasteiger partial charge in [0.05, 0.1) is 12.5 Å². The van der Waals surface area contributed by atoms with Crippen molar-refractivity contribution in [1.29, 1.82) is 0 Å². The number of nitrogens with zero attached hydrogens (tertiary/aromatic N) is 2. The van der Waals surface area contributed by atoms with Crippen LogP contribution in [0.5, 0.6) is 0 Å². The molecule has 2 aromatic carbocycles. The Morgan fingerprint density at radius 3 is 2.59 bits per heavy atom. The number of benzene rings is 2. The predicted molar refractivity (Wildman–Crippen MR) is 98.4 cm³/mol. The van der Waals surface area contributed by atoms with Gasteiger partial charge in [0.25, 0.3) is 11.8 Å². The van der Waals surface area contributed by atoms with E-state index in [0.717, 1.165) is 12.8 Å². The number of carbonyl (C=O) groups excluding carboxylic acids is 2. The third-order valence-electron chi connectivity index (χ3n) is 4.27. The zero-order valence-corrected chi connectivity index (χ0v) is 14.4. The molecular formula is C20H17FN4O2. The molecule has 0 bridgehead atoms. The summed E-state index contributed by atoms with van der Waals surface area (Å²) in [4.78, 5) is 28.8. The largest absolute Gasteiger partial charge is 0.349 e. The van der Waals surface area contributed by atoms with Gasteiger partial charge < -0.3 is 10.6 Å². The fourth-order valence-electron chi connectivity index (χ4n) is 2.70. The second kappa shape index (κ2) is 7.03. The van der Waals surface area contributed by atoms with E-state index in [4.69, 9.17) is 0 Å². The SMILES string of the molecule is O=C(NC1CC1)c1cccc(NC(=O)c2cncn2-c2ccc(F)cc2)c1. The number of rotatable bonds is 5. The zero-order valence-electron chi connectivity index (χ0n) is 14.4. The molecule has 1 aliphatic rings. The topological polar surface area (TPSA) is 76.0 Å². The van der Waals surface area contributed by atoms with E-state index in [2.05, 4.69) is 15.6 Å². The molecule has 1 saturated carbocycles. The van der Waals surface area contributed by atoms with Crippen LogP contribution in [0.2, 0.25) is 0 Å². The molecule has 0 spiro atoms. The fourth-order valence-corrected chi connectivity index (χ4v) is 2.70. The van der Waals surface area contributed by atoms with E-state index < -0.39 is 0 Å². The second-order valence-corrected chi connectivity index (χ2v) is 6.41. The second-order valence-electron chi connectivity index (χ2n) is 6.41. The van der Waals surface area contributed by atoms with Crippen molar-refractivity contribution in [3.8, 4) is 5.69 Å². The van der Waals surface area contributed by atoms with E-state index in [1.807, 2.05) is 0 Å². The van der Waals surface area contributed by atoms with Crippen LogP contribution in [0, 0.1) is 5.82 Å². The summed E-state index contributed by atoms with van der Waals surface area (Å²) in [7, 11) is 0. The first-order valence-electron chi connectivity index (χ1n) is 8.61. The van der Waals surface area contributed by atoms with Gasteiger partial charge in [-0.05, 0) is 55.3 Å². The minimum Gasteiger partial charge on any atom is -0.349 e. The molecule has 0 unspecified atom stereocenters. The maximum absolute atomic E-state index is 13.1. The molecule has 0 atom stereocenters. The van der Waals surface area contributed by atoms with Crippen LogP contribution in [-0.2, 0) is 0 Å². The molecular weight excluding hydrogens is 347 g/mol. The summed E-state index contributed by atoms with van der Waals surface area (Å²) in [6.45, 7) is 0. The molecule has 1 fully saturated rings. The van der Waals surface area contributed by atoms with Gasteiger partial charge in [0, 0.05) is 23.0 Å². The van der Waals surface area contributed by atoms with Crippen LogP contribution in [-0.4, -0.2) is 27.4 Å². The van der Waals surface area contributed by atoms with Crippen LogP contribution in [0.25, 0.3) is 5.69 Å². The highest BCUT2D eigenvalue weighted by Gasteiger charge is 2.24. The van der Waals surface area contributed by atoms with Crippen molar-refractivity contribution in [3.05, 3.63) is 78.1 Å². The van der Waals surface area contributed by atoms with Crippen LogP contribution in [0.15, 0.2) is 61.1 Å². The van der Waals surface area contributed by atoms with Crippen molar-refractivity contribution in [2.75, 3.05) is 5.32 Å². The van der Waals surface area contributed by atoms with Gasteiger partial charge in [-0.1, -0.05) is 6.07 Å². The number of hydrogen-bond donors (Lipinski definition) is 2. The Morgan fingerprint density at radius 1 is 1.07 bits per heavy atom. The first-order valence-corrected chi connectivity index (χ1v) is 8.61. The maximum Gasteiger partial charge on any atom is 0.274 e. The van der Waals surface area contributed by atoms with Crippen molar-refractivity contribution in [2.45, 2.75) is 18.9 Å². The van der Waals surface area contributed by atoms with Gasteiger partial charge in [-0.25, -0.2) is 9.37 Å². The smallest absolute Gasteiger partial charge is 0.274 e. The van der Waals surface area contributed by atoms with E-state index in [1.165, 1.54) is 24.7 Å². The fraction of sp³-hybridized carbons (Fsp3) is 0.150. The normalized spacial score (nSPS) is 13.2. The Morgan fingerprint density at radius 2 is 1.85 bits per heavy atom. The number of aromatic nitrogens is 2. The van der Waals surface area contributed by atoms with Gasteiger partial charge in [-0.3, -0.25) is 14.2 Å². The molecule has 1 heterocycles. The van der Waals surface area contributed by atoms with Crippen LogP contribution in [0.3, 0.4) is 0 Å². The van der Waals surface area contributed by atoms with Gasteiger partial charge in [-0.15, -0.1) is 0 Å². The Bertz CT molecular complexity index is 993. The molecule has 27 heavy (non-hydrogen) atoms. The molecule has 7 heteroatoms. The molecule has 2 amide bonds. The highest BCUT2D eigenvalue weighted by Crippen LogP contribution is 2.20. The van der Waals surface area contributed by atoms with Gasteiger partial charge in [0.2, 0.25) is 0 Å². The first kappa shape index (κ1) is 17.0. The Labute approximate surface area is 155 Å². The van der Waals surface area contributed by atoms with Crippen molar-refractivity contribution in [1.82, 2.24) is 14.9 Å². The van der Waals surface area contributed by atoms with E-state index in [9.17, 15) is 14.0 Å². The molecule has 0 radical (unpaired) electrons. The summed E-state index contributed by atoms with van der Waals surface area (Å²) in [5.74, 6) is -0.882. The summed E-state index contributed by atoms with van der Waals surface area (Å²) >= 11 is 0. The molecule has 136 valence electrons. The van der Waals surface area contributed by atoms with E-state index in [0.29, 0.717) is 22.6 Å². The summed E-state index contributed by atoms with van der Waals surface area (Å²) in [6.07, 6.45) is 4.94. The molecule has 0 saturated heterocycles.